The van der Waals surface area contributed by atoms with Gasteiger partial charge in [-0.3, -0.25) is 4.79 Å². The summed E-state index contributed by atoms with van der Waals surface area (Å²) >= 11 is 6.04. The lowest BCUT2D eigenvalue weighted by Gasteiger charge is -2.39. The lowest BCUT2D eigenvalue weighted by Crippen LogP contribution is -2.31. The van der Waals surface area contributed by atoms with Gasteiger partial charge in [0.25, 0.3) is 5.91 Å². The van der Waals surface area contributed by atoms with E-state index in [1.165, 1.54) is 10.5 Å². The van der Waals surface area contributed by atoms with Crippen LogP contribution in [0.3, 0.4) is 0 Å². The molecule has 3 atom stereocenters. The van der Waals surface area contributed by atoms with Gasteiger partial charge in [0.2, 0.25) is 0 Å². The number of carbonyl (C=O) groups excluding carboxylic acids is 1. The second-order valence-electron chi connectivity index (χ2n) is 8.30. The van der Waals surface area contributed by atoms with Gasteiger partial charge in [0.05, 0.1) is 12.7 Å². The molecule has 2 aromatic rings. The van der Waals surface area contributed by atoms with Crippen molar-refractivity contribution in [3.63, 3.8) is 0 Å². The molecule has 0 bridgehead atoms. The average Bonchev–Trinajstić information content (AvgIpc) is 2.72. The van der Waals surface area contributed by atoms with Gasteiger partial charge in [0.15, 0.2) is 6.61 Å². The SMILES string of the molecule is CC(C)[C@@H]1C[C@H](c2ccc(Cl)cc2)CO[C@H]1c1cccc(OCC(=O)N(C)C)c1. The molecule has 2 aromatic carbocycles. The summed E-state index contributed by atoms with van der Waals surface area (Å²) in [5.41, 5.74) is 2.38. The van der Waals surface area contributed by atoms with Crippen LogP contribution in [0.2, 0.25) is 5.02 Å². The molecule has 1 aliphatic rings. The van der Waals surface area contributed by atoms with Gasteiger partial charge in [0.1, 0.15) is 5.75 Å². The molecule has 29 heavy (non-hydrogen) atoms. The van der Waals surface area contributed by atoms with E-state index in [2.05, 4.69) is 32.0 Å². The summed E-state index contributed by atoms with van der Waals surface area (Å²) in [4.78, 5) is 13.3. The summed E-state index contributed by atoms with van der Waals surface area (Å²) in [7, 11) is 3.45. The van der Waals surface area contributed by atoms with Crippen molar-refractivity contribution in [2.45, 2.75) is 32.3 Å². The summed E-state index contributed by atoms with van der Waals surface area (Å²) in [6.07, 6.45) is 1.08. The van der Waals surface area contributed by atoms with E-state index in [1.54, 1.807) is 14.1 Å². The maximum Gasteiger partial charge on any atom is 0.259 e. The van der Waals surface area contributed by atoms with Crippen LogP contribution in [0.15, 0.2) is 48.5 Å². The second kappa shape index (κ2) is 9.64. The van der Waals surface area contributed by atoms with Gasteiger partial charge < -0.3 is 14.4 Å². The number of likely N-dealkylation sites (N-methyl/N-ethyl adjacent to an activating group) is 1. The number of benzene rings is 2. The van der Waals surface area contributed by atoms with Crippen LogP contribution in [-0.2, 0) is 9.53 Å². The van der Waals surface area contributed by atoms with Crippen LogP contribution < -0.4 is 4.74 Å². The number of halogens is 1. The van der Waals surface area contributed by atoms with E-state index in [9.17, 15) is 4.79 Å². The first-order valence-electron chi connectivity index (χ1n) is 10.1. The third kappa shape index (κ3) is 5.52. The van der Waals surface area contributed by atoms with Crippen molar-refractivity contribution >= 4 is 17.5 Å². The number of ether oxygens (including phenoxy) is 2. The molecule has 0 unspecified atom stereocenters. The molecule has 1 saturated heterocycles. The minimum atomic E-state index is -0.0600. The number of rotatable bonds is 6. The monoisotopic (exact) mass is 415 g/mol. The first-order chi connectivity index (χ1) is 13.8. The zero-order chi connectivity index (χ0) is 21.0. The van der Waals surface area contributed by atoms with E-state index in [-0.39, 0.29) is 18.6 Å². The normalized spacial score (nSPS) is 21.8. The Bertz CT molecular complexity index is 819. The van der Waals surface area contributed by atoms with Crippen LogP contribution in [0.1, 0.15) is 43.4 Å². The predicted octanol–water partition coefficient (Wildman–Crippen LogP) is 5.32. The summed E-state index contributed by atoms with van der Waals surface area (Å²) in [5.74, 6) is 1.88. The Morgan fingerprint density at radius 1 is 1.17 bits per heavy atom. The highest BCUT2D eigenvalue weighted by molar-refractivity contribution is 6.30. The molecule has 3 rings (SSSR count). The summed E-state index contributed by atoms with van der Waals surface area (Å²) in [5, 5.41) is 0.758. The maximum atomic E-state index is 11.8. The Balaban J connectivity index is 1.73. The highest BCUT2D eigenvalue weighted by atomic mass is 35.5. The fourth-order valence-electron chi connectivity index (χ4n) is 3.85. The molecule has 1 heterocycles. The molecule has 1 amide bonds. The molecule has 1 fully saturated rings. The van der Waals surface area contributed by atoms with Gasteiger partial charge in [-0.1, -0.05) is 49.7 Å². The zero-order valence-electron chi connectivity index (χ0n) is 17.6. The van der Waals surface area contributed by atoms with E-state index in [4.69, 9.17) is 21.1 Å². The third-order valence-electron chi connectivity index (χ3n) is 5.67. The zero-order valence-corrected chi connectivity index (χ0v) is 18.4. The minimum absolute atomic E-state index is 0.0200. The van der Waals surface area contributed by atoms with Crippen molar-refractivity contribution in [1.82, 2.24) is 4.90 Å². The van der Waals surface area contributed by atoms with Crippen molar-refractivity contribution < 1.29 is 14.3 Å². The van der Waals surface area contributed by atoms with Crippen LogP contribution in [0, 0.1) is 11.8 Å². The molecule has 0 spiro atoms. The summed E-state index contributed by atoms with van der Waals surface area (Å²) in [6.45, 7) is 5.22. The molecule has 4 nitrogen and oxygen atoms in total. The standard InChI is InChI=1S/C24H30ClNO3/c1-16(2)22-13-19(17-8-10-20(25)11-9-17)14-29-24(22)18-6-5-7-21(12-18)28-15-23(27)26(3)4/h5-12,16,19,22,24H,13-15H2,1-4H3/t19-,22-,24-/m0/s1. The molecular formula is C24H30ClNO3. The van der Waals surface area contributed by atoms with Gasteiger partial charge in [-0.15, -0.1) is 0 Å². The van der Waals surface area contributed by atoms with Gasteiger partial charge in [-0.25, -0.2) is 0 Å². The fourth-order valence-corrected chi connectivity index (χ4v) is 3.98. The Labute approximate surface area is 178 Å². The van der Waals surface area contributed by atoms with Crippen LogP contribution in [0.4, 0.5) is 0 Å². The largest absolute Gasteiger partial charge is 0.484 e. The van der Waals surface area contributed by atoms with E-state index < -0.39 is 0 Å². The van der Waals surface area contributed by atoms with Crippen LogP contribution >= 0.6 is 11.6 Å². The quantitative estimate of drug-likeness (QED) is 0.640. The number of amides is 1. The first-order valence-corrected chi connectivity index (χ1v) is 10.5. The smallest absolute Gasteiger partial charge is 0.259 e. The minimum Gasteiger partial charge on any atom is -0.484 e. The van der Waals surface area contributed by atoms with E-state index in [1.807, 2.05) is 30.3 Å². The highest BCUT2D eigenvalue weighted by Gasteiger charge is 2.35. The Kier molecular flexibility index (Phi) is 7.20. The number of carbonyl (C=O) groups is 1. The van der Waals surface area contributed by atoms with E-state index in [0.717, 1.165) is 17.0 Å². The van der Waals surface area contributed by atoms with Gasteiger partial charge >= 0.3 is 0 Å². The van der Waals surface area contributed by atoms with Crippen molar-refractivity contribution in [3.05, 3.63) is 64.7 Å². The summed E-state index contributed by atoms with van der Waals surface area (Å²) in [6, 6.07) is 16.0. The van der Waals surface area contributed by atoms with Crippen LogP contribution in [-0.4, -0.2) is 38.1 Å². The van der Waals surface area contributed by atoms with E-state index in [0.29, 0.717) is 30.1 Å². The number of nitrogens with zero attached hydrogens (tertiary/aromatic N) is 1. The molecular weight excluding hydrogens is 386 g/mol. The highest BCUT2D eigenvalue weighted by Crippen LogP contribution is 2.44. The van der Waals surface area contributed by atoms with Gasteiger partial charge in [-0.05, 0) is 53.6 Å². The fraction of sp³-hybridized carbons (Fsp3) is 0.458. The Morgan fingerprint density at radius 3 is 2.55 bits per heavy atom. The number of hydrogen-bond acceptors (Lipinski definition) is 3. The van der Waals surface area contributed by atoms with Crippen LogP contribution in [0.25, 0.3) is 0 Å². The van der Waals surface area contributed by atoms with Crippen molar-refractivity contribution in [2.75, 3.05) is 27.3 Å². The average molecular weight is 416 g/mol. The van der Waals surface area contributed by atoms with Crippen molar-refractivity contribution in [1.29, 1.82) is 0 Å². The number of hydrogen-bond donors (Lipinski definition) is 0. The first kappa shape index (κ1) is 21.7. The molecule has 0 saturated carbocycles. The molecule has 0 aliphatic carbocycles. The molecule has 0 N–H and O–H groups in total. The molecule has 0 radical (unpaired) electrons. The van der Waals surface area contributed by atoms with Gasteiger partial charge in [-0.2, -0.15) is 0 Å². The molecule has 156 valence electrons. The molecule has 1 aliphatic heterocycles. The van der Waals surface area contributed by atoms with Crippen molar-refractivity contribution in [2.24, 2.45) is 11.8 Å². The third-order valence-corrected chi connectivity index (χ3v) is 5.92. The predicted molar refractivity (Wildman–Crippen MR) is 116 cm³/mol. The molecule has 5 heteroatoms. The summed E-state index contributed by atoms with van der Waals surface area (Å²) < 4.78 is 12.1. The van der Waals surface area contributed by atoms with Crippen LogP contribution in [0.5, 0.6) is 5.75 Å². The maximum absolute atomic E-state index is 11.8. The van der Waals surface area contributed by atoms with E-state index >= 15 is 0 Å². The second-order valence-corrected chi connectivity index (χ2v) is 8.73. The van der Waals surface area contributed by atoms with Gasteiger partial charge in [0, 0.05) is 25.0 Å². The topological polar surface area (TPSA) is 38.8 Å². The van der Waals surface area contributed by atoms with Crippen molar-refractivity contribution in [3.8, 4) is 5.75 Å². The lowest BCUT2D eigenvalue weighted by molar-refractivity contribution is -0.130. The Hall–Kier alpha value is -2.04. The lowest BCUT2D eigenvalue weighted by atomic mass is 9.76. The Morgan fingerprint density at radius 2 is 1.90 bits per heavy atom. The molecule has 0 aromatic heterocycles.